The Hall–Kier alpha value is -4.89. The Morgan fingerprint density at radius 2 is 1.07 bits per heavy atom. The van der Waals surface area contributed by atoms with Gasteiger partial charge in [-0.25, -0.2) is 0 Å². The Balaban J connectivity index is 0.000000347. The Bertz CT molecular complexity index is 1920. The fraction of sp³-hybridized carbons (Fsp3) is 0.318. The monoisotopic (exact) mass is 956 g/mol. The number of ether oxygens (including phenoxy) is 2. The molecule has 0 fully saturated rings. The van der Waals surface area contributed by atoms with E-state index >= 15 is 0 Å². The second-order valence-electron chi connectivity index (χ2n) is 12.7. The number of unbranched alkanes of at least 4 members (excludes halogenated alkanes) is 2. The Labute approximate surface area is 367 Å². The molecule has 0 aliphatic carbocycles. The van der Waals surface area contributed by atoms with E-state index in [4.69, 9.17) is 26.8 Å². The molecule has 0 radical (unpaired) electrons. The van der Waals surface area contributed by atoms with Gasteiger partial charge in [-0.2, -0.15) is 0 Å². The number of carbonyl (C=O) groups is 6. The van der Waals surface area contributed by atoms with Gasteiger partial charge >= 0.3 is 11.9 Å². The van der Waals surface area contributed by atoms with Crippen LogP contribution in [0.2, 0.25) is 0 Å². The lowest BCUT2D eigenvalue weighted by Crippen LogP contribution is -2.43. The highest BCUT2D eigenvalue weighted by Crippen LogP contribution is 2.18. The first-order valence-electron chi connectivity index (χ1n) is 19.1. The number of hydrogen-bond acceptors (Lipinski definition) is 9. The number of nitrogens with two attached hydrogens (primary N) is 1. The van der Waals surface area contributed by atoms with Crippen molar-refractivity contribution in [2.45, 2.75) is 77.3 Å². The third-order valence-electron chi connectivity index (χ3n) is 8.06. The van der Waals surface area contributed by atoms with Crippen LogP contribution in [0.5, 0.6) is 0 Å². The fourth-order valence-electron chi connectivity index (χ4n) is 5.11. The van der Waals surface area contributed by atoms with Gasteiger partial charge in [0.05, 0.1) is 19.3 Å². The van der Waals surface area contributed by atoms with Gasteiger partial charge in [-0.05, 0) is 99.7 Å². The van der Waals surface area contributed by atoms with Crippen LogP contribution in [0, 0.1) is 0 Å². The minimum atomic E-state index is -0.719. The molecule has 0 spiro atoms. The van der Waals surface area contributed by atoms with E-state index in [0.717, 1.165) is 8.95 Å². The highest BCUT2D eigenvalue weighted by atomic mass is 79.9. The average Bonchev–Trinajstić information content (AvgIpc) is 3.22. The molecule has 2 unspecified atom stereocenters. The largest absolute Gasteiger partial charge is 0.466 e. The molecule has 4 rings (SSSR count). The average molecular weight is 959 g/mol. The normalized spacial score (nSPS) is 11.2. The highest BCUT2D eigenvalue weighted by Gasteiger charge is 2.22. The minimum Gasteiger partial charge on any atom is -0.466 e. The molecule has 0 aliphatic rings. The van der Waals surface area contributed by atoms with E-state index in [9.17, 15) is 28.8 Å². The summed E-state index contributed by atoms with van der Waals surface area (Å²) in [4.78, 5) is 70.3. The van der Waals surface area contributed by atoms with Crippen LogP contribution in [0.15, 0.2) is 118 Å². The molecule has 59 heavy (non-hydrogen) atoms. The number of esters is 2. The maximum Gasteiger partial charge on any atom is 0.305 e. The van der Waals surface area contributed by atoms with Crippen LogP contribution >= 0.6 is 43.5 Å². The van der Waals surface area contributed by atoms with Crippen molar-refractivity contribution in [3.8, 4) is 0 Å². The van der Waals surface area contributed by atoms with E-state index in [0.29, 0.717) is 87.1 Å². The molecule has 0 saturated heterocycles. The number of anilines is 2. The van der Waals surface area contributed by atoms with Crippen LogP contribution in [-0.2, 0) is 28.7 Å². The third-order valence-corrected chi connectivity index (χ3v) is 9.26. The van der Waals surface area contributed by atoms with Gasteiger partial charge in [0, 0.05) is 44.3 Å². The van der Waals surface area contributed by atoms with Crippen LogP contribution in [0.3, 0.4) is 0 Å². The van der Waals surface area contributed by atoms with Gasteiger partial charge in [0.15, 0.2) is 0 Å². The van der Waals surface area contributed by atoms with E-state index in [1.165, 1.54) is 0 Å². The van der Waals surface area contributed by atoms with Crippen molar-refractivity contribution < 1.29 is 38.2 Å². The quantitative estimate of drug-likeness (QED) is 0.0405. The summed E-state index contributed by atoms with van der Waals surface area (Å²) in [6.07, 6.45) is 4.19. The van der Waals surface area contributed by atoms with Crippen LogP contribution in [0.4, 0.5) is 11.4 Å². The van der Waals surface area contributed by atoms with Crippen LogP contribution in [-0.4, -0.2) is 60.2 Å². The predicted molar refractivity (Wildman–Crippen MR) is 238 cm³/mol. The summed E-state index contributed by atoms with van der Waals surface area (Å²) in [6, 6.07) is 30.8. The van der Waals surface area contributed by atoms with Crippen molar-refractivity contribution in [2.75, 3.05) is 23.8 Å². The first-order valence-corrected chi connectivity index (χ1v) is 21.1. The van der Waals surface area contributed by atoms with Crippen molar-refractivity contribution in [2.24, 2.45) is 5.73 Å². The summed E-state index contributed by atoms with van der Waals surface area (Å²) in [5, 5.41) is 8.00. The minimum absolute atomic E-state index is 0.204. The predicted octanol–water partition coefficient (Wildman–Crippen LogP) is 9.21. The molecule has 316 valence electrons. The van der Waals surface area contributed by atoms with Gasteiger partial charge in [0.2, 0.25) is 11.8 Å². The number of benzene rings is 4. The molecule has 12 nitrogen and oxygen atoms in total. The number of nitrogens with one attached hydrogen (secondary N) is 3. The maximum atomic E-state index is 12.8. The van der Waals surface area contributed by atoms with Gasteiger partial charge in [-0.3, -0.25) is 28.8 Å². The molecule has 0 aromatic heterocycles. The number of carbonyl (C=O) groups excluding carboxylic acids is 6. The number of hydrogen-bond donors (Lipinski definition) is 4. The van der Waals surface area contributed by atoms with Crippen LogP contribution < -0.4 is 21.7 Å². The standard InChI is InChI=1S/C22H25BrN2O4.C15H21BrN2O3.C7H5ClO/c1-2-29-20(26)14-7-6-13-19(25-21(27)16-9-4-3-5-10-16)22(28)24-18-12-8-11-17(23)15-18;1-2-21-14(19)9-4-3-8-13(17)15(20)18-12-7-5-6-11(16)10-12;8-7(9)6-4-2-1-3-5-6/h3-5,8-12,15,19H,2,6-7,13-14H2,1H3,(H,24,28)(H,25,27);5-7,10,13H,2-4,8-9,17H2,1H3,(H,18,20);1-5H. The topological polar surface area (TPSA) is 183 Å². The van der Waals surface area contributed by atoms with Gasteiger partial charge < -0.3 is 31.2 Å². The molecule has 5 N–H and O–H groups in total. The molecule has 0 heterocycles. The van der Waals surface area contributed by atoms with Gasteiger partial charge in [0.25, 0.3) is 11.1 Å². The van der Waals surface area contributed by atoms with E-state index < -0.39 is 17.3 Å². The van der Waals surface area contributed by atoms with Crippen molar-refractivity contribution in [1.82, 2.24) is 5.32 Å². The summed E-state index contributed by atoms with van der Waals surface area (Å²) < 4.78 is 11.5. The van der Waals surface area contributed by atoms with Crippen LogP contribution in [0.25, 0.3) is 0 Å². The zero-order valence-electron chi connectivity index (χ0n) is 33.1. The summed E-state index contributed by atoms with van der Waals surface area (Å²) in [7, 11) is 0. The zero-order chi connectivity index (χ0) is 43.4. The molecular formula is C44H51Br2ClN4O8. The second-order valence-corrected chi connectivity index (χ2v) is 14.9. The molecule has 0 aliphatic heterocycles. The summed E-state index contributed by atoms with van der Waals surface area (Å²) >= 11 is 11.9. The highest BCUT2D eigenvalue weighted by molar-refractivity contribution is 9.10. The molecule has 0 saturated carbocycles. The SMILES string of the molecule is CCOC(=O)CCCCC(N)C(=O)Nc1cccc(Br)c1.CCOC(=O)CCCCC(NC(=O)c1ccccc1)C(=O)Nc1cccc(Br)c1.O=C(Cl)c1ccccc1. The number of rotatable bonds is 19. The molecule has 2 atom stereocenters. The third kappa shape index (κ3) is 22.2. The fourth-order valence-corrected chi connectivity index (χ4v) is 6.04. The zero-order valence-corrected chi connectivity index (χ0v) is 37.0. The molecule has 0 bridgehead atoms. The lowest BCUT2D eigenvalue weighted by atomic mass is 10.1. The first kappa shape index (κ1) is 50.3. The second kappa shape index (κ2) is 29.3. The van der Waals surface area contributed by atoms with Crippen molar-refractivity contribution in [3.05, 3.63) is 129 Å². The van der Waals surface area contributed by atoms with E-state index in [1.807, 2.05) is 42.5 Å². The Kier molecular flexibility index (Phi) is 25.0. The maximum absolute atomic E-state index is 12.8. The molecule has 4 aromatic rings. The lowest BCUT2D eigenvalue weighted by Gasteiger charge is -2.19. The van der Waals surface area contributed by atoms with Crippen molar-refractivity contribution >= 4 is 89.7 Å². The summed E-state index contributed by atoms with van der Waals surface area (Å²) in [5.41, 5.74) is 8.20. The summed E-state index contributed by atoms with van der Waals surface area (Å²) in [6.45, 7) is 4.29. The van der Waals surface area contributed by atoms with E-state index in [1.54, 1.807) is 80.6 Å². The molecular weight excluding hydrogens is 908 g/mol. The van der Waals surface area contributed by atoms with Gasteiger partial charge in [-0.15, -0.1) is 0 Å². The van der Waals surface area contributed by atoms with Crippen molar-refractivity contribution in [1.29, 1.82) is 0 Å². The smallest absolute Gasteiger partial charge is 0.305 e. The number of halogens is 3. The lowest BCUT2D eigenvalue weighted by molar-refractivity contribution is -0.144. The Morgan fingerprint density at radius 1 is 0.610 bits per heavy atom. The van der Waals surface area contributed by atoms with Crippen molar-refractivity contribution in [3.63, 3.8) is 0 Å². The van der Waals surface area contributed by atoms with E-state index in [-0.39, 0.29) is 29.7 Å². The van der Waals surface area contributed by atoms with E-state index in [2.05, 4.69) is 47.8 Å². The number of amides is 3. The van der Waals surface area contributed by atoms with Gasteiger partial charge in [0.1, 0.15) is 6.04 Å². The Morgan fingerprint density at radius 3 is 1.51 bits per heavy atom. The molecule has 3 amide bonds. The molecule has 15 heteroatoms. The van der Waals surface area contributed by atoms with Crippen LogP contribution in [0.1, 0.15) is 85.9 Å². The first-order chi connectivity index (χ1) is 28.3. The summed E-state index contributed by atoms with van der Waals surface area (Å²) in [5.74, 6) is -1.29. The molecule has 4 aromatic carbocycles. The van der Waals surface area contributed by atoms with Gasteiger partial charge in [-0.1, -0.05) is 105 Å².